The van der Waals surface area contributed by atoms with Crippen LogP contribution in [0.3, 0.4) is 0 Å². The molecule has 0 aromatic carbocycles. The smallest absolute Gasteiger partial charge is 0.138 e. The molecule has 0 radical (unpaired) electrons. The fraction of sp³-hybridized carbons (Fsp3) is 0.400. The molecule has 2 aromatic rings. The first-order chi connectivity index (χ1) is 9.45. The third kappa shape index (κ3) is 3.67. The Morgan fingerprint density at radius 1 is 1.05 bits per heavy atom. The molecule has 20 heavy (non-hydrogen) atoms. The van der Waals surface area contributed by atoms with Crippen molar-refractivity contribution in [2.75, 3.05) is 0 Å². The van der Waals surface area contributed by atoms with Gasteiger partial charge in [-0.25, -0.2) is 9.97 Å². The largest absolute Gasteiger partial charge is 0.489 e. The SMILES string of the molecule is CC(C)Oc1cncc(-c2cc(Cl)nc(C(C)C)n2)c1. The van der Waals surface area contributed by atoms with E-state index in [1.54, 1.807) is 18.5 Å². The van der Waals surface area contributed by atoms with E-state index in [-0.39, 0.29) is 12.0 Å². The third-order valence-electron chi connectivity index (χ3n) is 2.61. The molecule has 0 saturated heterocycles. The Bertz CT molecular complexity index is 599. The minimum atomic E-state index is 0.104. The van der Waals surface area contributed by atoms with Crippen LogP contribution in [0.4, 0.5) is 0 Å². The van der Waals surface area contributed by atoms with E-state index >= 15 is 0 Å². The van der Waals surface area contributed by atoms with Crippen molar-refractivity contribution in [2.45, 2.75) is 39.7 Å². The maximum absolute atomic E-state index is 6.07. The zero-order valence-electron chi connectivity index (χ0n) is 12.1. The highest BCUT2D eigenvalue weighted by Crippen LogP contribution is 2.25. The fourth-order valence-electron chi connectivity index (χ4n) is 1.74. The zero-order chi connectivity index (χ0) is 14.7. The number of hydrogen-bond donors (Lipinski definition) is 0. The Morgan fingerprint density at radius 2 is 1.80 bits per heavy atom. The van der Waals surface area contributed by atoms with Crippen LogP contribution >= 0.6 is 11.6 Å². The lowest BCUT2D eigenvalue weighted by Gasteiger charge is -2.11. The number of halogens is 1. The Labute approximate surface area is 124 Å². The Balaban J connectivity index is 2.40. The van der Waals surface area contributed by atoms with Crippen LogP contribution in [0.2, 0.25) is 5.15 Å². The van der Waals surface area contributed by atoms with E-state index < -0.39 is 0 Å². The number of nitrogens with zero attached hydrogens (tertiary/aromatic N) is 3. The van der Waals surface area contributed by atoms with Gasteiger partial charge in [-0.15, -0.1) is 0 Å². The Morgan fingerprint density at radius 3 is 2.45 bits per heavy atom. The number of pyridine rings is 1. The summed E-state index contributed by atoms with van der Waals surface area (Å²) < 4.78 is 5.65. The van der Waals surface area contributed by atoms with Gasteiger partial charge in [-0.05, 0) is 19.9 Å². The van der Waals surface area contributed by atoms with Gasteiger partial charge in [0.2, 0.25) is 0 Å². The van der Waals surface area contributed by atoms with E-state index in [0.29, 0.717) is 5.15 Å². The molecular weight excluding hydrogens is 274 g/mol. The summed E-state index contributed by atoms with van der Waals surface area (Å²) in [6, 6.07) is 3.65. The van der Waals surface area contributed by atoms with Gasteiger partial charge in [0.1, 0.15) is 16.7 Å². The van der Waals surface area contributed by atoms with E-state index in [9.17, 15) is 0 Å². The summed E-state index contributed by atoms with van der Waals surface area (Å²) in [6.45, 7) is 8.02. The topological polar surface area (TPSA) is 47.9 Å². The molecule has 0 unspecified atom stereocenters. The highest BCUT2D eigenvalue weighted by Gasteiger charge is 2.10. The van der Waals surface area contributed by atoms with Crippen molar-refractivity contribution in [2.24, 2.45) is 0 Å². The van der Waals surface area contributed by atoms with Gasteiger partial charge in [0, 0.05) is 23.7 Å². The van der Waals surface area contributed by atoms with Gasteiger partial charge in [0.05, 0.1) is 18.0 Å². The van der Waals surface area contributed by atoms with Crippen LogP contribution in [-0.4, -0.2) is 21.1 Å². The fourth-order valence-corrected chi connectivity index (χ4v) is 1.93. The second-order valence-electron chi connectivity index (χ2n) is 5.16. The summed E-state index contributed by atoms with van der Waals surface area (Å²) in [4.78, 5) is 13.0. The molecule has 0 amide bonds. The van der Waals surface area contributed by atoms with E-state index in [0.717, 1.165) is 22.8 Å². The van der Waals surface area contributed by atoms with Crippen LogP contribution in [0.15, 0.2) is 24.5 Å². The van der Waals surface area contributed by atoms with E-state index in [2.05, 4.69) is 15.0 Å². The summed E-state index contributed by atoms with van der Waals surface area (Å²) in [6.07, 6.45) is 3.54. The molecule has 4 nitrogen and oxygen atoms in total. The second-order valence-corrected chi connectivity index (χ2v) is 5.55. The molecule has 0 fully saturated rings. The summed E-state index contributed by atoms with van der Waals surface area (Å²) in [5, 5.41) is 0.439. The highest BCUT2D eigenvalue weighted by molar-refractivity contribution is 6.29. The van der Waals surface area contributed by atoms with Crippen LogP contribution in [0.5, 0.6) is 5.75 Å². The van der Waals surface area contributed by atoms with Gasteiger partial charge in [-0.2, -0.15) is 0 Å². The molecule has 0 spiro atoms. The molecule has 0 aliphatic heterocycles. The molecule has 0 N–H and O–H groups in total. The Kier molecular flexibility index (Phi) is 4.55. The highest BCUT2D eigenvalue weighted by atomic mass is 35.5. The molecule has 5 heteroatoms. The first kappa shape index (κ1) is 14.7. The monoisotopic (exact) mass is 291 g/mol. The molecular formula is C15H18ClN3O. The van der Waals surface area contributed by atoms with Gasteiger partial charge in [-0.1, -0.05) is 25.4 Å². The zero-order valence-corrected chi connectivity index (χ0v) is 12.8. The van der Waals surface area contributed by atoms with Gasteiger partial charge in [-0.3, -0.25) is 4.98 Å². The predicted molar refractivity (Wildman–Crippen MR) is 80.1 cm³/mol. The van der Waals surface area contributed by atoms with E-state index in [1.165, 1.54) is 0 Å². The quantitative estimate of drug-likeness (QED) is 0.796. The van der Waals surface area contributed by atoms with Crippen LogP contribution in [0.25, 0.3) is 11.3 Å². The van der Waals surface area contributed by atoms with Crippen molar-refractivity contribution in [3.05, 3.63) is 35.5 Å². The van der Waals surface area contributed by atoms with Crippen LogP contribution in [-0.2, 0) is 0 Å². The first-order valence-electron chi connectivity index (χ1n) is 6.62. The molecule has 0 aliphatic rings. The summed E-state index contributed by atoms with van der Waals surface area (Å²) in [5.74, 6) is 1.66. The summed E-state index contributed by atoms with van der Waals surface area (Å²) >= 11 is 6.07. The van der Waals surface area contributed by atoms with E-state index in [4.69, 9.17) is 16.3 Å². The van der Waals surface area contributed by atoms with Crippen LogP contribution in [0, 0.1) is 0 Å². The molecule has 0 aliphatic carbocycles. The van der Waals surface area contributed by atoms with Crippen molar-refractivity contribution < 1.29 is 4.74 Å². The lowest BCUT2D eigenvalue weighted by molar-refractivity contribution is 0.241. The molecule has 106 valence electrons. The van der Waals surface area contributed by atoms with Crippen molar-refractivity contribution in [1.29, 1.82) is 0 Å². The number of aromatic nitrogens is 3. The average Bonchev–Trinajstić information content (AvgIpc) is 2.37. The molecule has 2 rings (SSSR count). The minimum Gasteiger partial charge on any atom is -0.489 e. The van der Waals surface area contributed by atoms with Gasteiger partial charge in [0.15, 0.2) is 0 Å². The van der Waals surface area contributed by atoms with Gasteiger partial charge >= 0.3 is 0 Å². The van der Waals surface area contributed by atoms with Crippen molar-refractivity contribution >= 4 is 11.6 Å². The number of hydrogen-bond acceptors (Lipinski definition) is 4. The normalized spacial score (nSPS) is 11.2. The molecule has 2 aromatic heterocycles. The Hall–Kier alpha value is -1.68. The van der Waals surface area contributed by atoms with Gasteiger partial charge < -0.3 is 4.74 Å². The minimum absolute atomic E-state index is 0.104. The first-order valence-corrected chi connectivity index (χ1v) is 7.00. The second kappa shape index (κ2) is 6.18. The van der Waals surface area contributed by atoms with Crippen molar-refractivity contribution in [3.8, 4) is 17.0 Å². The third-order valence-corrected chi connectivity index (χ3v) is 2.80. The summed E-state index contributed by atoms with van der Waals surface area (Å²) in [7, 11) is 0. The maximum Gasteiger partial charge on any atom is 0.138 e. The molecule has 0 saturated carbocycles. The lowest BCUT2D eigenvalue weighted by atomic mass is 10.1. The summed E-state index contributed by atoms with van der Waals surface area (Å²) in [5.41, 5.74) is 1.63. The molecule has 0 bridgehead atoms. The lowest BCUT2D eigenvalue weighted by Crippen LogP contribution is -2.06. The van der Waals surface area contributed by atoms with E-state index in [1.807, 2.05) is 33.8 Å². The van der Waals surface area contributed by atoms with Crippen LogP contribution in [0.1, 0.15) is 39.4 Å². The molecule has 0 atom stereocenters. The van der Waals surface area contributed by atoms with Gasteiger partial charge in [0.25, 0.3) is 0 Å². The van der Waals surface area contributed by atoms with Crippen LogP contribution < -0.4 is 4.74 Å². The number of ether oxygens (including phenoxy) is 1. The molecule has 2 heterocycles. The van der Waals surface area contributed by atoms with Crippen molar-refractivity contribution in [3.63, 3.8) is 0 Å². The van der Waals surface area contributed by atoms with Crippen molar-refractivity contribution in [1.82, 2.24) is 15.0 Å². The average molecular weight is 292 g/mol. The maximum atomic E-state index is 6.07. The standard InChI is InChI=1S/C15H18ClN3O/c1-9(2)15-18-13(6-14(16)19-15)11-5-12(8-17-7-11)20-10(3)4/h5-10H,1-4H3. The predicted octanol–water partition coefficient (Wildman–Crippen LogP) is 4.10. The number of rotatable bonds is 4.